The molecule has 0 aliphatic carbocycles. The molecule has 0 aromatic heterocycles. The van der Waals surface area contributed by atoms with E-state index < -0.39 is 18.3 Å². The van der Waals surface area contributed by atoms with E-state index in [-0.39, 0.29) is 11.7 Å². The van der Waals surface area contributed by atoms with E-state index in [4.69, 9.17) is 14.0 Å². The molecule has 2 fully saturated rings. The number of ether oxygens (including phenoxy) is 1. The SMILES string of the molecule is CC1(C)OB(c2ccc(C3CCOC3)c(F)c2)OC1(C)C. The van der Waals surface area contributed by atoms with Crippen LogP contribution in [0.2, 0.25) is 0 Å². The average molecular weight is 292 g/mol. The molecule has 2 saturated heterocycles. The van der Waals surface area contributed by atoms with E-state index in [0.29, 0.717) is 13.2 Å². The van der Waals surface area contributed by atoms with Gasteiger partial charge in [0, 0.05) is 12.5 Å². The van der Waals surface area contributed by atoms with E-state index in [0.717, 1.165) is 17.4 Å². The largest absolute Gasteiger partial charge is 0.494 e. The molecule has 5 heteroatoms. The van der Waals surface area contributed by atoms with Gasteiger partial charge in [-0.1, -0.05) is 12.1 Å². The first-order valence-electron chi connectivity index (χ1n) is 7.53. The van der Waals surface area contributed by atoms with Gasteiger partial charge < -0.3 is 14.0 Å². The monoisotopic (exact) mass is 292 g/mol. The van der Waals surface area contributed by atoms with E-state index in [2.05, 4.69) is 0 Å². The number of hydrogen-bond acceptors (Lipinski definition) is 3. The fourth-order valence-electron chi connectivity index (χ4n) is 2.78. The normalized spacial score (nSPS) is 27.3. The summed E-state index contributed by atoms with van der Waals surface area (Å²) >= 11 is 0. The minimum Gasteiger partial charge on any atom is -0.399 e. The van der Waals surface area contributed by atoms with Crippen molar-refractivity contribution in [2.75, 3.05) is 13.2 Å². The van der Waals surface area contributed by atoms with Crippen molar-refractivity contribution in [3.05, 3.63) is 29.6 Å². The molecule has 0 bridgehead atoms. The van der Waals surface area contributed by atoms with E-state index in [9.17, 15) is 4.39 Å². The Bertz CT molecular complexity index is 522. The van der Waals surface area contributed by atoms with Gasteiger partial charge in [0.2, 0.25) is 0 Å². The van der Waals surface area contributed by atoms with Crippen molar-refractivity contribution in [1.82, 2.24) is 0 Å². The molecule has 3 nitrogen and oxygen atoms in total. The predicted octanol–water partition coefficient (Wildman–Crippen LogP) is 2.63. The van der Waals surface area contributed by atoms with Crippen molar-refractivity contribution in [1.29, 1.82) is 0 Å². The summed E-state index contributed by atoms with van der Waals surface area (Å²) < 4.78 is 31.6. The molecule has 0 radical (unpaired) electrons. The van der Waals surface area contributed by atoms with Gasteiger partial charge in [-0.25, -0.2) is 4.39 Å². The molecule has 114 valence electrons. The summed E-state index contributed by atoms with van der Waals surface area (Å²) in [6, 6.07) is 5.28. The third-order valence-electron chi connectivity index (χ3n) is 4.92. The Morgan fingerprint density at radius 1 is 1.14 bits per heavy atom. The summed E-state index contributed by atoms with van der Waals surface area (Å²) in [4.78, 5) is 0. The van der Waals surface area contributed by atoms with Gasteiger partial charge in [-0.15, -0.1) is 0 Å². The standard InChI is InChI=1S/C16H22BFO3/c1-15(2)16(3,4)21-17(20-15)12-5-6-13(14(18)9-12)11-7-8-19-10-11/h5-6,9,11H,7-8,10H2,1-4H3. The summed E-state index contributed by atoms with van der Waals surface area (Å²) in [5.41, 5.74) is 0.639. The first-order chi connectivity index (χ1) is 9.80. The Labute approximate surface area is 125 Å². The lowest BCUT2D eigenvalue weighted by atomic mass is 9.78. The molecule has 3 rings (SSSR count). The van der Waals surface area contributed by atoms with Crippen molar-refractivity contribution in [2.45, 2.75) is 51.2 Å². The molecule has 0 spiro atoms. The zero-order chi connectivity index (χ0) is 15.3. The van der Waals surface area contributed by atoms with Gasteiger partial charge in [0.05, 0.1) is 17.8 Å². The van der Waals surface area contributed by atoms with E-state index >= 15 is 0 Å². The zero-order valence-corrected chi connectivity index (χ0v) is 13.1. The molecule has 2 aliphatic heterocycles. The number of hydrogen-bond donors (Lipinski definition) is 0. The molecule has 1 aromatic rings. The maximum Gasteiger partial charge on any atom is 0.494 e. The Morgan fingerprint density at radius 3 is 2.33 bits per heavy atom. The third-order valence-corrected chi connectivity index (χ3v) is 4.92. The van der Waals surface area contributed by atoms with Gasteiger partial charge in [0.15, 0.2) is 0 Å². The molecular weight excluding hydrogens is 270 g/mol. The summed E-state index contributed by atoms with van der Waals surface area (Å²) in [5.74, 6) is -0.0324. The summed E-state index contributed by atoms with van der Waals surface area (Å²) in [5, 5.41) is 0. The minimum absolute atomic E-state index is 0.164. The van der Waals surface area contributed by atoms with Crippen LogP contribution in [0.5, 0.6) is 0 Å². The topological polar surface area (TPSA) is 27.7 Å². The van der Waals surface area contributed by atoms with Crippen LogP contribution in [0.15, 0.2) is 18.2 Å². The molecule has 2 aliphatic rings. The smallest absolute Gasteiger partial charge is 0.399 e. The van der Waals surface area contributed by atoms with E-state index in [1.165, 1.54) is 6.07 Å². The second-order valence-corrected chi connectivity index (χ2v) is 6.93. The fourth-order valence-corrected chi connectivity index (χ4v) is 2.78. The Kier molecular flexibility index (Phi) is 3.63. The van der Waals surface area contributed by atoms with Crippen LogP contribution < -0.4 is 5.46 Å². The third kappa shape index (κ3) is 2.63. The van der Waals surface area contributed by atoms with Crippen LogP contribution in [0.4, 0.5) is 4.39 Å². The first-order valence-corrected chi connectivity index (χ1v) is 7.53. The predicted molar refractivity (Wildman–Crippen MR) is 80.3 cm³/mol. The maximum atomic E-state index is 14.4. The van der Waals surface area contributed by atoms with Crippen molar-refractivity contribution in [3.8, 4) is 0 Å². The highest BCUT2D eigenvalue weighted by Crippen LogP contribution is 2.36. The summed E-state index contributed by atoms with van der Waals surface area (Å²) in [6.07, 6.45) is 0.882. The maximum absolute atomic E-state index is 14.4. The van der Waals surface area contributed by atoms with Crippen LogP contribution in [-0.2, 0) is 14.0 Å². The van der Waals surface area contributed by atoms with Crippen molar-refractivity contribution in [2.24, 2.45) is 0 Å². The van der Waals surface area contributed by atoms with Gasteiger partial charge in [-0.05, 0) is 51.2 Å². The van der Waals surface area contributed by atoms with Crippen molar-refractivity contribution in [3.63, 3.8) is 0 Å². The lowest BCUT2D eigenvalue weighted by Crippen LogP contribution is -2.41. The molecule has 1 aromatic carbocycles. The Balaban J connectivity index is 1.83. The van der Waals surface area contributed by atoms with Gasteiger partial charge in [0.1, 0.15) is 5.82 Å². The molecule has 0 saturated carbocycles. The number of rotatable bonds is 2. The minimum atomic E-state index is -0.515. The second kappa shape index (κ2) is 5.08. The zero-order valence-electron chi connectivity index (χ0n) is 13.1. The van der Waals surface area contributed by atoms with E-state index in [1.54, 1.807) is 0 Å². The van der Waals surface area contributed by atoms with Gasteiger partial charge in [0.25, 0.3) is 0 Å². The van der Waals surface area contributed by atoms with Crippen LogP contribution in [0.3, 0.4) is 0 Å². The molecule has 1 unspecified atom stereocenters. The summed E-state index contributed by atoms with van der Waals surface area (Å²) in [7, 11) is -0.515. The molecule has 21 heavy (non-hydrogen) atoms. The quantitative estimate of drug-likeness (QED) is 0.784. The van der Waals surface area contributed by atoms with E-state index in [1.807, 2.05) is 39.8 Å². The van der Waals surface area contributed by atoms with Crippen LogP contribution in [-0.4, -0.2) is 31.5 Å². The number of benzene rings is 1. The molecule has 0 amide bonds. The van der Waals surface area contributed by atoms with Crippen molar-refractivity contribution >= 4 is 12.6 Å². The average Bonchev–Trinajstić information content (AvgIpc) is 2.96. The highest BCUT2D eigenvalue weighted by Gasteiger charge is 2.51. The van der Waals surface area contributed by atoms with Crippen LogP contribution in [0.25, 0.3) is 0 Å². The molecule has 2 heterocycles. The number of halogens is 1. The van der Waals surface area contributed by atoms with Crippen LogP contribution >= 0.6 is 0 Å². The van der Waals surface area contributed by atoms with Crippen LogP contribution in [0.1, 0.15) is 45.6 Å². The molecular formula is C16H22BFO3. The van der Waals surface area contributed by atoms with Gasteiger partial charge >= 0.3 is 7.12 Å². The highest BCUT2D eigenvalue weighted by atomic mass is 19.1. The lowest BCUT2D eigenvalue weighted by molar-refractivity contribution is 0.00578. The van der Waals surface area contributed by atoms with Crippen LogP contribution in [0, 0.1) is 5.82 Å². The molecule has 0 N–H and O–H groups in total. The lowest BCUT2D eigenvalue weighted by Gasteiger charge is -2.32. The summed E-state index contributed by atoms with van der Waals surface area (Å²) in [6.45, 7) is 9.29. The second-order valence-electron chi connectivity index (χ2n) is 6.93. The fraction of sp³-hybridized carbons (Fsp3) is 0.625. The van der Waals surface area contributed by atoms with Gasteiger partial charge in [-0.2, -0.15) is 0 Å². The van der Waals surface area contributed by atoms with Gasteiger partial charge in [-0.3, -0.25) is 0 Å². The van der Waals surface area contributed by atoms with Crippen molar-refractivity contribution < 1.29 is 18.4 Å². The highest BCUT2D eigenvalue weighted by molar-refractivity contribution is 6.62. The Morgan fingerprint density at radius 2 is 1.81 bits per heavy atom. The first kappa shape index (κ1) is 15.0. The molecule has 1 atom stereocenters. The Hall–Kier alpha value is -0.905.